The lowest BCUT2D eigenvalue weighted by molar-refractivity contribution is -0.145. The van der Waals surface area contributed by atoms with Crippen molar-refractivity contribution in [2.24, 2.45) is 11.8 Å². The Labute approximate surface area is 125 Å². The summed E-state index contributed by atoms with van der Waals surface area (Å²) in [6, 6.07) is 5.77. The van der Waals surface area contributed by atoms with E-state index in [1.807, 2.05) is 0 Å². The maximum atomic E-state index is 12.4. The number of carboxylic acids is 2. The van der Waals surface area contributed by atoms with Crippen molar-refractivity contribution in [3.8, 4) is 0 Å². The van der Waals surface area contributed by atoms with Crippen molar-refractivity contribution in [3.05, 3.63) is 42.0 Å². The van der Waals surface area contributed by atoms with Gasteiger partial charge in [0.2, 0.25) is 5.91 Å². The fraction of sp³-hybridized carbons (Fsp3) is 0.267. The number of hydrogen-bond donors (Lipinski definition) is 3. The second-order valence-electron chi connectivity index (χ2n) is 5.22. The van der Waals surface area contributed by atoms with Crippen molar-refractivity contribution in [2.75, 3.05) is 5.32 Å². The Morgan fingerprint density at radius 2 is 1.73 bits per heavy atom. The van der Waals surface area contributed by atoms with Gasteiger partial charge in [0.25, 0.3) is 0 Å². The van der Waals surface area contributed by atoms with Gasteiger partial charge in [-0.25, -0.2) is 4.79 Å². The molecule has 3 N–H and O–H groups in total. The van der Waals surface area contributed by atoms with Gasteiger partial charge in [0.05, 0.1) is 23.7 Å². The van der Waals surface area contributed by atoms with Crippen molar-refractivity contribution in [1.82, 2.24) is 0 Å². The van der Waals surface area contributed by atoms with Crippen LogP contribution in [0.2, 0.25) is 0 Å². The lowest BCUT2D eigenvalue weighted by Gasteiger charge is -2.21. The van der Waals surface area contributed by atoms with E-state index in [1.165, 1.54) is 18.2 Å². The Morgan fingerprint density at radius 3 is 2.36 bits per heavy atom. The van der Waals surface area contributed by atoms with E-state index in [0.717, 1.165) is 0 Å². The van der Waals surface area contributed by atoms with Crippen molar-refractivity contribution in [2.45, 2.75) is 12.2 Å². The van der Waals surface area contributed by atoms with Crippen LogP contribution in [-0.2, 0) is 14.3 Å². The van der Waals surface area contributed by atoms with Gasteiger partial charge in [0.1, 0.15) is 5.92 Å². The number of fused-ring (bicyclic) bond motifs is 2. The summed E-state index contributed by atoms with van der Waals surface area (Å²) in [7, 11) is 0. The lowest BCUT2D eigenvalue weighted by atomic mass is 9.82. The number of anilines is 1. The Bertz CT molecular complexity index is 682. The Balaban J connectivity index is 1.80. The number of benzene rings is 1. The van der Waals surface area contributed by atoms with Crippen molar-refractivity contribution >= 4 is 23.5 Å². The molecule has 1 fully saturated rings. The first kappa shape index (κ1) is 14.3. The van der Waals surface area contributed by atoms with Gasteiger partial charge in [-0.2, -0.15) is 0 Å². The highest BCUT2D eigenvalue weighted by molar-refractivity contribution is 5.98. The fourth-order valence-corrected chi connectivity index (χ4v) is 2.87. The smallest absolute Gasteiger partial charge is 0.335 e. The molecule has 1 aromatic rings. The molecule has 114 valence electrons. The van der Waals surface area contributed by atoms with Crippen LogP contribution >= 0.6 is 0 Å². The maximum absolute atomic E-state index is 12.4. The van der Waals surface area contributed by atoms with Gasteiger partial charge in [-0.15, -0.1) is 0 Å². The molecule has 2 heterocycles. The van der Waals surface area contributed by atoms with Crippen LogP contribution in [0.25, 0.3) is 0 Å². The van der Waals surface area contributed by atoms with E-state index >= 15 is 0 Å². The Morgan fingerprint density at radius 1 is 1.05 bits per heavy atom. The minimum absolute atomic E-state index is 0.0386. The summed E-state index contributed by atoms with van der Waals surface area (Å²) in [5.41, 5.74) is 0.345. The lowest BCUT2D eigenvalue weighted by Crippen LogP contribution is -2.39. The summed E-state index contributed by atoms with van der Waals surface area (Å²) in [6.07, 6.45) is 2.18. The predicted molar refractivity (Wildman–Crippen MR) is 74.4 cm³/mol. The number of nitrogens with one attached hydrogen (secondary N) is 1. The molecule has 0 aromatic heterocycles. The van der Waals surface area contributed by atoms with Crippen LogP contribution in [0.15, 0.2) is 36.4 Å². The molecule has 0 aliphatic carbocycles. The maximum Gasteiger partial charge on any atom is 0.335 e. The first-order valence-corrected chi connectivity index (χ1v) is 6.68. The number of aliphatic carboxylic acids is 1. The van der Waals surface area contributed by atoms with Gasteiger partial charge < -0.3 is 20.3 Å². The molecule has 3 rings (SSSR count). The average molecular weight is 303 g/mol. The van der Waals surface area contributed by atoms with Gasteiger partial charge in [-0.1, -0.05) is 18.2 Å². The first-order valence-electron chi connectivity index (χ1n) is 6.68. The molecule has 1 amide bonds. The highest BCUT2D eigenvalue weighted by atomic mass is 16.5. The van der Waals surface area contributed by atoms with Crippen molar-refractivity contribution < 1.29 is 29.3 Å². The standard InChI is InChI=1S/C15H13NO6/c17-13(16-8-3-1-2-7(6-8)14(18)19)11-9-4-5-10(22-9)12(11)15(20)21/h1-6,9-12H,(H,16,17)(H,18,19)(H,20,21)/t9-,10+,11+,12+/m1/s1. The molecule has 2 aliphatic rings. The third-order valence-electron chi connectivity index (χ3n) is 3.86. The van der Waals surface area contributed by atoms with E-state index < -0.39 is 41.9 Å². The molecule has 7 heteroatoms. The summed E-state index contributed by atoms with van der Waals surface area (Å²) in [6.45, 7) is 0. The molecule has 0 radical (unpaired) electrons. The van der Waals surface area contributed by atoms with Crippen LogP contribution in [0.5, 0.6) is 0 Å². The highest BCUT2D eigenvalue weighted by Gasteiger charge is 2.53. The molecule has 0 spiro atoms. The molecule has 1 saturated heterocycles. The summed E-state index contributed by atoms with van der Waals surface area (Å²) in [5, 5.41) is 20.8. The molecule has 4 atom stereocenters. The monoisotopic (exact) mass is 303 g/mol. The molecule has 2 bridgehead atoms. The average Bonchev–Trinajstić information content (AvgIpc) is 3.07. The summed E-state index contributed by atoms with van der Waals surface area (Å²) >= 11 is 0. The van der Waals surface area contributed by atoms with E-state index in [2.05, 4.69) is 5.32 Å². The van der Waals surface area contributed by atoms with E-state index in [4.69, 9.17) is 9.84 Å². The third-order valence-corrected chi connectivity index (χ3v) is 3.86. The molecular weight excluding hydrogens is 290 g/mol. The zero-order valence-corrected chi connectivity index (χ0v) is 11.3. The SMILES string of the molecule is O=C(O)c1cccc(NC(=O)[C@@H]2[C@@H](C(=O)O)[C@@H]3C=C[C@H]2O3)c1. The fourth-order valence-electron chi connectivity index (χ4n) is 2.87. The van der Waals surface area contributed by atoms with Crippen LogP contribution in [0, 0.1) is 11.8 Å². The molecule has 0 unspecified atom stereocenters. The number of ether oxygens (including phenoxy) is 1. The van der Waals surface area contributed by atoms with Gasteiger partial charge >= 0.3 is 11.9 Å². The first-order chi connectivity index (χ1) is 10.5. The number of rotatable bonds is 4. The zero-order chi connectivity index (χ0) is 15.9. The quantitative estimate of drug-likeness (QED) is 0.715. The highest BCUT2D eigenvalue weighted by Crippen LogP contribution is 2.39. The summed E-state index contributed by atoms with van der Waals surface area (Å²) < 4.78 is 5.43. The number of carbonyl (C=O) groups is 3. The number of hydrogen-bond acceptors (Lipinski definition) is 4. The van der Waals surface area contributed by atoms with Gasteiger partial charge in [-0.05, 0) is 18.2 Å². The Kier molecular flexibility index (Phi) is 3.42. The molecule has 1 aromatic carbocycles. The van der Waals surface area contributed by atoms with Crippen LogP contribution in [0.4, 0.5) is 5.69 Å². The normalized spacial score (nSPS) is 28.5. The molecule has 2 aliphatic heterocycles. The van der Waals surface area contributed by atoms with Crippen LogP contribution in [0.3, 0.4) is 0 Å². The van der Waals surface area contributed by atoms with Gasteiger partial charge in [0.15, 0.2) is 0 Å². The molecule has 7 nitrogen and oxygen atoms in total. The third kappa shape index (κ3) is 2.35. The number of carbonyl (C=O) groups excluding carboxylic acids is 1. The minimum atomic E-state index is -1.11. The van der Waals surface area contributed by atoms with E-state index in [-0.39, 0.29) is 5.56 Å². The molecule has 22 heavy (non-hydrogen) atoms. The minimum Gasteiger partial charge on any atom is -0.481 e. The topological polar surface area (TPSA) is 113 Å². The van der Waals surface area contributed by atoms with Crippen molar-refractivity contribution in [3.63, 3.8) is 0 Å². The zero-order valence-electron chi connectivity index (χ0n) is 11.3. The molecule has 0 saturated carbocycles. The van der Waals surface area contributed by atoms with Gasteiger partial charge in [0, 0.05) is 5.69 Å². The Hall–Kier alpha value is -2.67. The van der Waals surface area contributed by atoms with E-state index in [1.54, 1.807) is 18.2 Å². The largest absolute Gasteiger partial charge is 0.481 e. The van der Waals surface area contributed by atoms with Gasteiger partial charge in [-0.3, -0.25) is 9.59 Å². The van der Waals surface area contributed by atoms with Crippen LogP contribution < -0.4 is 5.32 Å². The summed E-state index contributed by atoms with van der Waals surface area (Å²) in [4.78, 5) is 34.6. The van der Waals surface area contributed by atoms with Crippen LogP contribution in [-0.4, -0.2) is 40.3 Å². The van der Waals surface area contributed by atoms with Crippen LogP contribution in [0.1, 0.15) is 10.4 Å². The van der Waals surface area contributed by atoms with Crippen molar-refractivity contribution in [1.29, 1.82) is 0 Å². The number of aromatic carboxylic acids is 1. The molecular formula is C15H13NO6. The van der Waals surface area contributed by atoms with E-state index in [0.29, 0.717) is 5.69 Å². The number of amides is 1. The second kappa shape index (κ2) is 5.27. The summed E-state index contributed by atoms with van der Waals surface area (Å²) in [5.74, 6) is -4.45. The second-order valence-corrected chi connectivity index (χ2v) is 5.22. The number of carboxylic acid groups (broad SMARTS) is 2. The van der Waals surface area contributed by atoms with E-state index in [9.17, 15) is 19.5 Å². The predicted octanol–water partition coefficient (Wildman–Crippen LogP) is 0.977.